The van der Waals surface area contributed by atoms with Crippen molar-refractivity contribution in [2.75, 3.05) is 46.1 Å². The summed E-state index contributed by atoms with van der Waals surface area (Å²) in [4.78, 5) is 83.1. The van der Waals surface area contributed by atoms with Gasteiger partial charge in [0.15, 0.2) is 23.8 Å². The lowest BCUT2D eigenvalue weighted by atomic mass is 9.93. The second kappa shape index (κ2) is 25.3. The maximum Gasteiger partial charge on any atom is 0.311 e. The lowest BCUT2D eigenvalue weighted by Crippen LogP contribution is -2.61. The van der Waals surface area contributed by atoms with Crippen LogP contribution in [0.5, 0.6) is 11.5 Å². The van der Waals surface area contributed by atoms with Gasteiger partial charge in [-0.05, 0) is 73.8 Å². The molecule has 2 saturated heterocycles. The lowest BCUT2D eigenvalue weighted by molar-refractivity contribution is -0.940. The van der Waals surface area contributed by atoms with E-state index in [-0.39, 0.29) is 74.7 Å². The van der Waals surface area contributed by atoms with Gasteiger partial charge >= 0.3 is 5.97 Å². The maximum absolute atomic E-state index is 14.5. The van der Waals surface area contributed by atoms with E-state index in [2.05, 4.69) is 27.2 Å². The number of morpholine rings is 1. The number of Topliss-reactive ketones (excluding diaryl/α,β-unsaturated/α-hetero) is 1. The first-order valence-electron chi connectivity index (χ1n) is 23.8. The van der Waals surface area contributed by atoms with Crippen molar-refractivity contribution in [2.45, 2.75) is 116 Å². The Labute approximate surface area is 401 Å². The van der Waals surface area contributed by atoms with E-state index >= 15 is 0 Å². The molecule has 3 aromatic rings. The van der Waals surface area contributed by atoms with E-state index in [1.807, 2.05) is 94.4 Å². The molecule has 0 aliphatic carbocycles. The summed E-state index contributed by atoms with van der Waals surface area (Å²) in [5.74, 6) is 0.390. The van der Waals surface area contributed by atoms with Crippen LogP contribution < -0.4 is 30.7 Å². The van der Waals surface area contributed by atoms with Crippen molar-refractivity contribution in [2.24, 2.45) is 11.8 Å². The topological polar surface area (TPSA) is 191 Å². The summed E-state index contributed by atoms with van der Waals surface area (Å²) in [6, 6.07) is 20.1. The highest BCUT2D eigenvalue weighted by Crippen LogP contribution is 2.32. The number of amides is 4. The van der Waals surface area contributed by atoms with Crippen molar-refractivity contribution >= 4 is 35.4 Å². The van der Waals surface area contributed by atoms with Crippen molar-refractivity contribution in [1.82, 2.24) is 21.3 Å². The molecule has 3 aromatic carbocycles. The summed E-state index contributed by atoms with van der Waals surface area (Å²) in [6.45, 7) is 13.7. The van der Waals surface area contributed by atoms with Crippen molar-refractivity contribution < 1.29 is 52.2 Å². The Morgan fingerprint density at radius 3 is 1.91 bits per heavy atom. The molecular formula is C53H70N5O10+. The van der Waals surface area contributed by atoms with E-state index in [0.29, 0.717) is 55.9 Å². The Bertz CT molecular complexity index is 2220. The Morgan fingerprint density at radius 2 is 1.31 bits per heavy atom. The van der Waals surface area contributed by atoms with Gasteiger partial charge in [0.1, 0.15) is 50.0 Å². The molecule has 4 N–H and O–H groups in total. The molecule has 0 saturated carbocycles. The SMILES string of the molecule is C#CCOc1cc(C[N+]2(CC(=O)N[C@@H](CCc3ccccc3)C(=O)N[C@@H](CC(C)C)C(=O)N[C@@H](Cc3ccccc3)C(=O)N[C@@H](CC(C)C)C(=O)[C@@]3(C)CO3)CCOCC2)ccc1OC(=O)CC. The van der Waals surface area contributed by atoms with Crippen LogP contribution in [0.1, 0.15) is 83.9 Å². The van der Waals surface area contributed by atoms with E-state index < -0.39 is 53.5 Å². The van der Waals surface area contributed by atoms with E-state index in [1.165, 1.54) is 0 Å². The van der Waals surface area contributed by atoms with Gasteiger partial charge in [0, 0.05) is 18.4 Å². The van der Waals surface area contributed by atoms with Gasteiger partial charge in [-0.2, -0.15) is 0 Å². The molecular weight excluding hydrogens is 867 g/mol. The van der Waals surface area contributed by atoms with Crippen LogP contribution in [-0.2, 0) is 57.6 Å². The molecule has 15 nitrogen and oxygen atoms in total. The molecule has 0 bridgehead atoms. The Balaban J connectivity index is 1.36. The predicted octanol–water partition coefficient (Wildman–Crippen LogP) is 4.63. The van der Waals surface area contributed by atoms with E-state index in [0.717, 1.165) is 16.7 Å². The number of rotatable bonds is 26. The molecule has 4 amide bonds. The molecule has 2 heterocycles. The zero-order valence-electron chi connectivity index (χ0n) is 40.5. The largest absolute Gasteiger partial charge is 0.477 e. The molecule has 2 aliphatic rings. The molecule has 366 valence electrons. The van der Waals surface area contributed by atoms with Crippen LogP contribution in [0.2, 0.25) is 0 Å². The predicted molar refractivity (Wildman–Crippen MR) is 257 cm³/mol. The fraction of sp³-hybridized carbons (Fsp3) is 0.509. The number of carbonyl (C=O) groups is 6. The molecule has 2 fully saturated rings. The number of hydrogen-bond donors (Lipinski definition) is 4. The van der Waals surface area contributed by atoms with Crippen LogP contribution in [0, 0.1) is 24.2 Å². The third kappa shape index (κ3) is 16.3. The number of epoxide rings is 1. The molecule has 0 unspecified atom stereocenters. The first-order valence-corrected chi connectivity index (χ1v) is 23.8. The van der Waals surface area contributed by atoms with Gasteiger partial charge in [-0.15, -0.1) is 6.42 Å². The Hall–Kier alpha value is -6.08. The number of aryl methyl sites for hydroxylation is 1. The van der Waals surface area contributed by atoms with E-state index in [1.54, 1.807) is 26.0 Å². The zero-order chi connectivity index (χ0) is 49.3. The van der Waals surface area contributed by atoms with E-state index in [4.69, 9.17) is 25.4 Å². The highest BCUT2D eigenvalue weighted by atomic mass is 16.6. The van der Waals surface area contributed by atoms with Crippen LogP contribution in [0.3, 0.4) is 0 Å². The van der Waals surface area contributed by atoms with Gasteiger partial charge < -0.3 is 44.7 Å². The quantitative estimate of drug-likeness (QED) is 0.0291. The number of esters is 1. The molecule has 68 heavy (non-hydrogen) atoms. The van der Waals surface area contributed by atoms with Crippen LogP contribution in [0.25, 0.3) is 0 Å². The van der Waals surface area contributed by atoms with Gasteiger partial charge in [0.2, 0.25) is 17.7 Å². The van der Waals surface area contributed by atoms with Crippen molar-refractivity contribution in [1.29, 1.82) is 0 Å². The average molecular weight is 937 g/mol. The monoisotopic (exact) mass is 937 g/mol. The number of ketones is 1. The van der Waals surface area contributed by atoms with Gasteiger partial charge in [-0.3, -0.25) is 28.8 Å². The molecule has 5 rings (SSSR count). The highest BCUT2D eigenvalue weighted by Gasteiger charge is 2.50. The van der Waals surface area contributed by atoms with E-state index in [9.17, 15) is 28.8 Å². The third-order valence-electron chi connectivity index (χ3n) is 12.2. The molecule has 15 heteroatoms. The number of hydrogen-bond acceptors (Lipinski definition) is 10. The summed E-state index contributed by atoms with van der Waals surface area (Å²) in [5.41, 5.74) is 1.61. The van der Waals surface area contributed by atoms with Crippen LogP contribution in [0.15, 0.2) is 78.9 Å². The number of nitrogens with one attached hydrogen (secondary N) is 4. The summed E-state index contributed by atoms with van der Waals surface area (Å²) < 4.78 is 22.7. The summed E-state index contributed by atoms with van der Waals surface area (Å²) in [6.07, 6.45) is 7.11. The number of ether oxygens (including phenoxy) is 4. The first-order chi connectivity index (χ1) is 32.5. The van der Waals surface area contributed by atoms with Crippen LogP contribution in [-0.4, -0.2) is 116 Å². The summed E-state index contributed by atoms with van der Waals surface area (Å²) >= 11 is 0. The average Bonchev–Trinajstić information content (AvgIpc) is 4.07. The number of carbonyl (C=O) groups excluding carboxylic acids is 6. The molecule has 5 atom stereocenters. The molecule has 0 aromatic heterocycles. The van der Waals surface area contributed by atoms with Crippen molar-refractivity contribution in [3.05, 3.63) is 95.6 Å². The minimum atomic E-state index is -1.09. The van der Waals surface area contributed by atoms with Crippen LogP contribution in [0.4, 0.5) is 0 Å². The fourth-order valence-corrected chi connectivity index (χ4v) is 8.32. The normalized spacial score (nSPS) is 17.9. The number of quaternary nitrogens is 1. The number of terminal acetylenes is 1. The maximum atomic E-state index is 14.5. The van der Waals surface area contributed by atoms with Gasteiger partial charge in [0.25, 0.3) is 5.91 Å². The third-order valence-corrected chi connectivity index (χ3v) is 12.2. The summed E-state index contributed by atoms with van der Waals surface area (Å²) in [5, 5.41) is 11.8. The van der Waals surface area contributed by atoms with Gasteiger partial charge in [0.05, 0.1) is 25.9 Å². The van der Waals surface area contributed by atoms with Crippen LogP contribution >= 0.6 is 0 Å². The minimum Gasteiger partial charge on any atom is -0.477 e. The zero-order valence-corrected chi connectivity index (χ0v) is 40.5. The minimum absolute atomic E-state index is 0.0172. The van der Waals surface area contributed by atoms with Gasteiger partial charge in [-0.25, -0.2) is 0 Å². The van der Waals surface area contributed by atoms with Crippen molar-refractivity contribution in [3.8, 4) is 23.8 Å². The number of benzene rings is 3. The Kier molecular flexibility index (Phi) is 19.7. The lowest BCUT2D eigenvalue weighted by Gasteiger charge is -2.41. The highest BCUT2D eigenvalue weighted by molar-refractivity contribution is 5.99. The molecule has 2 aliphatic heterocycles. The Morgan fingerprint density at radius 1 is 0.735 bits per heavy atom. The summed E-state index contributed by atoms with van der Waals surface area (Å²) in [7, 11) is 0. The fourth-order valence-electron chi connectivity index (χ4n) is 8.32. The standard InChI is InChI=1S/C53H69N5O10/c1-8-26-66-46-32-40(21-23-45(46)68-48(60)9-2)33-58(24-27-65-28-25-58)34-47(59)54-41(22-20-38-16-12-10-13-17-38)50(62)56-43(30-37(5)6)51(63)57-44(31-39-18-14-11-15-19-39)52(64)55-42(29-36(3)4)49(61)53(7)35-67-53/h1,10-19,21,23,32,36-37,41-44H,9,20,22,24-31,33-35H2,2-7H3,(H3-,54,55,56,57,59,62,63,64)/p+1/t41-,42-,43-,44-,53+/m0/s1. The number of nitrogens with zero attached hydrogens (tertiary/aromatic N) is 1. The first kappa shape index (κ1) is 52.9. The molecule has 0 spiro atoms. The van der Waals surface area contributed by atoms with Crippen molar-refractivity contribution in [3.63, 3.8) is 0 Å². The molecule has 0 radical (unpaired) electrons. The smallest absolute Gasteiger partial charge is 0.311 e. The second-order valence-electron chi connectivity index (χ2n) is 19.0. The van der Waals surface area contributed by atoms with Gasteiger partial charge in [-0.1, -0.05) is 101 Å². The second-order valence-corrected chi connectivity index (χ2v) is 19.0.